The number of aromatic nitrogens is 2. The molecule has 0 radical (unpaired) electrons. The summed E-state index contributed by atoms with van der Waals surface area (Å²) >= 11 is 2.91. The van der Waals surface area contributed by atoms with Crippen molar-refractivity contribution in [2.24, 2.45) is 0 Å². The van der Waals surface area contributed by atoms with Gasteiger partial charge in [0.05, 0.1) is 9.88 Å². The second-order valence-corrected chi connectivity index (χ2v) is 6.17. The zero-order chi connectivity index (χ0) is 13.9. The van der Waals surface area contributed by atoms with Crippen LogP contribution in [0.15, 0.2) is 41.9 Å². The van der Waals surface area contributed by atoms with E-state index in [1.165, 1.54) is 22.7 Å². The number of hydrogen-bond donors (Lipinski definition) is 1. The molecular formula is C14H11N3OS2. The highest BCUT2D eigenvalue weighted by molar-refractivity contribution is 7.15. The van der Waals surface area contributed by atoms with Crippen molar-refractivity contribution in [3.05, 3.63) is 52.6 Å². The average Bonchev–Trinajstić information content (AvgIpc) is 3.09. The molecule has 1 N–H and O–H groups in total. The largest absolute Gasteiger partial charge is 0.296 e. The average molecular weight is 301 g/mol. The lowest BCUT2D eigenvalue weighted by molar-refractivity contribution is 0.102. The molecule has 1 aromatic carbocycles. The minimum absolute atomic E-state index is 0.219. The van der Waals surface area contributed by atoms with Gasteiger partial charge in [-0.05, 0) is 12.5 Å². The van der Waals surface area contributed by atoms with E-state index in [4.69, 9.17) is 0 Å². The van der Waals surface area contributed by atoms with Crippen molar-refractivity contribution in [2.45, 2.75) is 6.92 Å². The topological polar surface area (TPSA) is 54.9 Å². The Bertz CT molecular complexity index is 720. The summed E-state index contributed by atoms with van der Waals surface area (Å²) in [4.78, 5) is 21.6. The van der Waals surface area contributed by atoms with Gasteiger partial charge in [-0.3, -0.25) is 10.1 Å². The summed E-state index contributed by atoms with van der Waals surface area (Å²) < 4.78 is 0. The fourth-order valence-electron chi connectivity index (χ4n) is 1.81. The van der Waals surface area contributed by atoms with Gasteiger partial charge in [0, 0.05) is 11.6 Å². The third-order valence-electron chi connectivity index (χ3n) is 2.64. The first-order chi connectivity index (χ1) is 9.74. The van der Waals surface area contributed by atoms with Crippen molar-refractivity contribution in [3.63, 3.8) is 0 Å². The van der Waals surface area contributed by atoms with E-state index in [1.54, 1.807) is 6.20 Å². The lowest BCUT2D eigenvalue weighted by Gasteiger charge is -2.02. The molecule has 100 valence electrons. The van der Waals surface area contributed by atoms with Crippen LogP contribution in [0.3, 0.4) is 0 Å². The van der Waals surface area contributed by atoms with E-state index in [0.717, 1.165) is 15.4 Å². The summed E-state index contributed by atoms with van der Waals surface area (Å²) in [5, 5.41) is 6.05. The van der Waals surface area contributed by atoms with Crippen LogP contribution in [0.25, 0.3) is 10.4 Å². The molecule has 0 spiro atoms. The van der Waals surface area contributed by atoms with Crippen LogP contribution in [-0.4, -0.2) is 15.9 Å². The highest BCUT2D eigenvalue weighted by atomic mass is 32.1. The molecule has 0 aliphatic heterocycles. The highest BCUT2D eigenvalue weighted by Gasteiger charge is 2.18. The first-order valence-corrected chi connectivity index (χ1v) is 7.67. The Morgan fingerprint density at radius 2 is 2.05 bits per heavy atom. The predicted molar refractivity (Wildman–Crippen MR) is 82.4 cm³/mol. The highest BCUT2D eigenvalue weighted by Crippen LogP contribution is 2.30. The maximum atomic E-state index is 12.3. The number of thiazole rings is 2. The van der Waals surface area contributed by atoms with Crippen LogP contribution in [0.1, 0.15) is 15.5 Å². The molecule has 2 aromatic heterocycles. The fraction of sp³-hybridized carbons (Fsp3) is 0.0714. The molecule has 0 atom stereocenters. The SMILES string of the molecule is Cc1nc(C(=O)Nc2nccs2)c(-c2ccccc2)s1. The van der Waals surface area contributed by atoms with Gasteiger partial charge in [0.25, 0.3) is 5.91 Å². The second kappa shape index (κ2) is 5.52. The van der Waals surface area contributed by atoms with E-state index in [1.807, 2.05) is 42.6 Å². The molecule has 3 aromatic rings. The Kier molecular flexibility index (Phi) is 3.58. The van der Waals surface area contributed by atoms with E-state index in [9.17, 15) is 4.79 Å². The molecule has 0 saturated heterocycles. The van der Waals surface area contributed by atoms with Crippen molar-refractivity contribution in [1.82, 2.24) is 9.97 Å². The summed E-state index contributed by atoms with van der Waals surface area (Å²) in [6.45, 7) is 1.90. The van der Waals surface area contributed by atoms with Gasteiger partial charge in [-0.15, -0.1) is 22.7 Å². The number of amides is 1. The molecule has 0 unspecified atom stereocenters. The molecule has 20 heavy (non-hydrogen) atoms. The van der Waals surface area contributed by atoms with Crippen molar-refractivity contribution >= 4 is 33.7 Å². The summed E-state index contributed by atoms with van der Waals surface area (Å²) in [5.41, 5.74) is 1.45. The fourth-order valence-corrected chi connectivity index (χ4v) is 3.25. The third kappa shape index (κ3) is 2.61. The quantitative estimate of drug-likeness (QED) is 0.800. The Morgan fingerprint density at radius 3 is 2.75 bits per heavy atom. The number of carbonyl (C=O) groups is 1. The normalized spacial score (nSPS) is 10.4. The van der Waals surface area contributed by atoms with Crippen molar-refractivity contribution in [2.75, 3.05) is 5.32 Å². The van der Waals surface area contributed by atoms with Gasteiger partial charge in [0.2, 0.25) is 0 Å². The van der Waals surface area contributed by atoms with Crippen LogP contribution in [0, 0.1) is 6.92 Å². The Hall–Kier alpha value is -2.05. The molecule has 3 rings (SSSR count). The monoisotopic (exact) mass is 301 g/mol. The summed E-state index contributed by atoms with van der Waals surface area (Å²) in [7, 11) is 0. The number of rotatable bonds is 3. The summed E-state index contributed by atoms with van der Waals surface area (Å²) in [6.07, 6.45) is 1.66. The van der Waals surface area contributed by atoms with Gasteiger partial charge in [0.15, 0.2) is 5.13 Å². The number of nitrogens with zero attached hydrogens (tertiary/aromatic N) is 2. The van der Waals surface area contributed by atoms with E-state index < -0.39 is 0 Å². The van der Waals surface area contributed by atoms with Crippen LogP contribution in [0.4, 0.5) is 5.13 Å². The van der Waals surface area contributed by atoms with Gasteiger partial charge in [-0.25, -0.2) is 9.97 Å². The zero-order valence-corrected chi connectivity index (χ0v) is 12.3. The predicted octanol–water partition coefficient (Wildman–Crippen LogP) is 3.83. The number of nitrogens with one attached hydrogen (secondary N) is 1. The minimum atomic E-state index is -0.219. The molecule has 2 heterocycles. The van der Waals surface area contributed by atoms with Crippen LogP contribution >= 0.6 is 22.7 Å². The smallest absolute Gasteiger partial charge is 0.277 e. The first kappa shape index (κ1) is 13.0. The molecule has 1 amide bonds. The number of carbonyl (C=O) groups excluding carboxylic acids is 1. The first-order valence-electron chi connectivity index (χ1n) is 5.98. The van der Waals surface area contributed by atoms with Crippen molar-refractivity contribution < 1.29 is 4.79 Å². The maximum absolute atomic E-state index is 12.3. The maximum Gasteiger partial charge on any atom is 0.277 e. The van der Waals surface area contributed by atoms with Crippen LogP contribution in [0.5, 0.6) is 0 Å². The molecule has 6 heteroatoms. The Morgan fingerprint density at radius 1 is 1.25 bits per heavy atom. The molecule has 4 nitrogen and oxygen atoms in total. The van der Waals surface area contributed by atoms with Crippen LogP contribution in [0.2, 0.25) is 0 Å². The van der Waals surface area contributed by atoms with Crippen molar-refractivity contribution in [1.29, 1.82) is 0 Å². The van der Waals surface area contributed by atoms with Gasteiger partial charge in [0.1, 0.15) is 5.69 Å². The number of hydrogen-bond acceptors (Lipinski definition) is 5. The molecule has 0 bridgehead atoms. The third-order valence-corrected chi connectivity index (χ3v) is 4.35. The molecular weight excluding hydrogens is 290 g/mol. The Labute approximate surface area is 124 Å². The van der Waals surface area contributed by atoms with Crippen LogP contribution in [-0.2, 0) is 0 Å². The number of benzene rings is 1. The van der Waals surface area contributed by atoms with Gasteiger partial charge >= 0.3 is 0 Å². The number of anilines is 1. The summed E-state index contributed by atoms with van der Waals surface area (Å²) in [6, 6.07) is 9.81. The van der Waals surface area contributed by atoms with Crippen molar-refractivity contribution in [3.8, 4) is 10.4 Å². The summed E-state index contributed by atoms with van der Waals surface area (Å²) in [5.74, 6) is -0.219. The van der Waals surface area contributed by atoms with E-state index in [2.05, 4.69) is 15.3 Å². The lowest BCUT2D eigenvalue weighted by Crippen LogP contribution is -2.13. The second-order valence-electron chi connectivity index (χ2n) is 4.07. The minimum Gasteiger partial charge on any atom is -0.296 e. The van der Waals surface area contributed by atoms with Gasteiger partial charge in [-0.1, -0.05) is 30.3 Å². The Balaban J connectivity index is 1.96. The van der Waals surface area contributed by atoms with Gasteiger partial charge < -0.3 is 0 Å². The van der Waals surface area contributed by atoms with E-state index in [-0.39, 0.29) is 5.91 Å². The molecule has 0 saturated carbocycles. The number of aryl methyl sites for hydroxylation is 1. The van der Waals surface area contributed by atoms with E-state index in [0.29, 0.717) is 10.8 Å². The zero-order valence-electron chi connectivity index (χ0n) is 10.7. The molecule has 0 aliphatic rings. The molecule has 0 fully saturated rings. The lowest BCUT2D eigenvalue weighted by atomic mass is 10.1. The standard InChI is InChI=1S/C14H11N3OS2/c1-9-16-11(13(18)17-14-15-7-8-19-14)12(20-9)10-5-3-2-4-6-10/h2-8H,1H3,(H,15,17,18). The molecule has 0 aliphatic carbocycles. The van der Waals surface area contributed by atoms with E-state index >= 15 is 0 Å². The van der Waals surface area contributed by atoms with Crippen LogP contribution < -0.4 is 5.32 Å². The van der Waals surface area contributed by atoms with Gasteiger partial charge in [-0.2, -0.15) is 0 Å².